The van der Waals surface area contributed by atoms with Gasteiger partial charge in [0, 0.05) is 35.6 Å². The van der Waals surface area contributed by atoms with Gasteiger partial charge in [-0.1, -0.05) is 15.9 Å². The molecule has 2 amide bonds. The highest BCUT2D eigenvalue weighted by atomic mass is 79.9. The summed E-state index contributed by atoms with van der Waals surface area (Å²) in [6.45, 7) is 3.34. The third-order valence-electron chi connectivity index (χ3n) is 3.18. The Labute approximate surface area is 133 Å². The Bertz CT molecular complexity index is 572. The lowest BCUT2D eigenvalue weighted by Crippen LogP contribution is -2.36. The van der Waals surface area contributed by atoms with Crippen LogP contribution < -0.4 is 5.32 Å². The molecule has 0 bridgehead atoms. The van der Waals surface area contributed by atoms with Gasteiger partial charge in [0.05, 0.1) is 0 Å². The molecule has 0 atom stereocenters. The first kappa shape index (κ1) is 15.5. The molecule has 0 saturated carbocycles. The summed E-state index contributed by atoms with van der Waals surface area (Å²) in [6.07, 6.45) is 4.37. The monoisotopic (exact) mass is 347 g/mol. The number of likely N-dealkylation sites (N-methyl/N-ethyl adjacent to an activating group) is 1. The maximum Gasteiger partial charge on any atom is 0.321 e. The van der Waals surface area contributed by atoms with E-state index < -0.39 is 0 Å². The van der Waals surface area contributed by atoms with Crippen LogP contribution in [-0.2, 0) is 6.42 Å². The lowest BCUT2D eigenvalue weighted by molar-refractivity contribution is 0.215. The van der Waals surface area contributed by atoms with E-state index in [-0.39, 0.29) is 6.03 Å². The van der Waals surface area contributed by atoms with Gasteiger partial charge in [-0.15, -0.1) is 0 Å². The van der Waals surface area contributed by atoms with Gasteiger partial charge in [0.15, 0.2) is 0 Å². The van der Waals surface area contributed by atoms with Gasteiger partial charge >= 0.3 is 6.03 Å². The van der Waals surface area contributed by atoms with Gasteiger partial charge in [0.25, 0.3) is 0 Å². The molecule has 0 saturated heterocycles. The standard InChI is InChI=1S/C16H18BrN3O/c1-2-20(12-9-13-7-10-18-11-8-13)16(21)19-15-5-3-14(17)4-6-15/h3-8,10-11H,2,9,12H2,1H3,(H,19,21). The van der Waals surface area contributed by atoms with Crippen molar-refractivity contribution in [1.82, 2.24) is 9.88 Å². The fraction of sp³-hybridized carbons (Fsp3) is 0.250. The summed E-state index contributed by atoms with van der Waals surface area (Å²) in [4.78, 5) is 18.0. The summed E-state index contributed by atoms with van der Waals surface area (Å²) >= 11 is 3.38. The van der Waals surface area contributed by atoms with Gasteiger partial charge in [-0.3, -0.25) is 4.98 Å². The molecule has 4 nitrogen and oxygen atoms in total. The van der Waals surface area contributed by atoms with Crippen LogP contribution in [-0.4, -0.2) is 29.0 Å². The molecule has 0 aliphatic rings. The van der Waals surface area contributed by atoms with Crippen molar-refractivity contribution in [2.24, 2.45) is 0 Å². The second kappa shape index (κ2) is 7.78. The van der Waals surface area contributed by atoms with E-state index in [1.807, 2.05) is 43.3 Å². The van der Waals surface area contributed by atoms with Gasteiger partial charge in [-0.2, -0.15) is 0 Å². The molecule has 2 aromatic rings. The number of hydrogen-bond donors (Lipinski definition) is 1. The molecule has 1 N–H and O–H groups in total. The van der Waals surface area contributed by atoms with Crippen LogP contribution in [0.3, 0.4) is 0 Å². The van der Waals surface area contributed by atoms with E-state index in [2.05, 4.69) is 26.2 Å². The van der Waals surface area contributed by atoms with Crippen molar-refractivity contribution < 1.29 is 4.79 Å². The lowest BCUT2D eigenvalue weighted by Gasteiger charge is -2.21. The average molecular weight is 348 g/mol. The Balaban J connectivity index is 1.90. The molecular formula is C16H18BrN3O. The third kappa shape index (κ3) is 4.86. The van der Waals surface area contributed by atoms with Crippen LogP contribution in [0.1, 0.15) is 12.5 Å². The summed E-state index contributed by atoms with van der Waals surface area (Å²) in [6, 6.07) is 11.4. The fourth-order valence-corrected chi connectivity index (χ4v) is 2.22. The first-order chi connectivity index (χ1) is 10.2. The summed E-state index contributed by atoms with van der Waals surface area (Å²) < 4.78 is 0.991. The lowest BCUT2D eigenvalue weighted by atomic mass is 10.2. The number of benzene rings is 1. The molecule has 0 aliphatic carbocycles. The molecule has 1 heterocycles. The molecule has 1 aromatic carbocycles. The van der Waals surface area contributed by atoms with E-state index in [1.54, 1.807) is 17.3 Å². The van der Waals surface area contributed by atoms with E-state index >= 15 is 0 Å². The number of carbonyl (C=O) groups is 1. The van der Waals surface area contributed by atoms with E-state index in [4.69, 9.17) is 0 Å². The number of nitrogens with zero attached hydrogens (tertiary/aromatic N) is 2. The Morgan fingerprint density at radius 1 is 1.19 bits per heavy atom. The predicted molar refractivity (Wildman–Crippen MR) is 88.3 cm³/mol. The number of aromatic nitrogens is 1. The van der Waals surface area contributed by atoms with Gasteiger partial charge in [-0.05, 0) is 55.3 Å². The van der Waals surface area contributed by atoms with Crippen molar-refractivity contribution in [3.05, 3.63) is 58.8 Å². The normalized spacial score (nSPS) is 10.2. The van der Waals surface area contributed by atoms with Crippen molar-refractivity contribution >= 4 is 27.6 Å². The molecule has 1 aromatic heterocycles. The van der Waals surface area contributed by atoms with Crippen LogP contribution in [0.4, 0.5) is 10.5 Å². The van der Waals surface area contributed by atoms with E-state index in [0.29, 0.717) is 13.1 Å². The highest BCUT2D eigenvalue weighted by Gasteiger charge is 2.11. The Kier molecular flexibility index (Phi) is 5.75. The minimum Gasteiger partial charge on any atom is -0.324 e. The summed E-state index contributed by atoms with van der Waals surface area (Å²) in [7, 11) is 0. The maximum absolute atomic E-state index is 12.2. The predicted octanol–water partition coefficient (Wildman–Crippen LogP) is 3.94. The zero-order chi connectivity index (χ0) is 15.1. The van der Waals surface area contributed by atoms with Crippen LogP contribution in [0, 0.1) is 0 Å². The molecular weight excluding hydrogens is 330 g/mol. The second-order valence-corrected chi connectivity index (χ2v) is 5.54. The van der Waals surface area contributed by atoms with Crippen LogP contribution >= 0.6 is 15.9 Å². The molecule has 5 heteroatoms. The number of rotatable bonds is 5. The quantitative estimate of drug-likeness (QED) is 0.890. The Morgan fingerprint density at radius 2 is 1.86 bits per heavy atom. The zero-order valence-electron chi connectivity index (χ0n) is 11.9. The average Bonchev–Trinajstić information content (AvgIpc) is 2.51. The largest absolute Gasteiger partial charge is 0.324 e. The van der Waals surface area contributed by atoms with Crippen LogP contribution in [0.15, 0.2) is 53.3 Å². The van der Waals surface area contributed by atoms with Crippen LogP contribution in [0.25, 0.3) is 0 Å². The number of carbonyl (C=O) groups excluding carboxylic acids is 1. The molecule has 21 heavy (non-hydrogen) atoms. The first-order valence-electron chi connectivity index (χ1n) is 6.89. The highest BCUT2D eigenvalue weighted by molar-refractivity contribution is 9.10. The molecule has 0 fully saturated rings. The first-order valence-corrected chi connectivity index (χ1v) is 7.68. The number of hydrogen-bond acceptors (Lipinski definition) is 2. The topological polar surface area (TPSA) is 45.2 Å². The third-order valence-corrected chi connectivity index (χ3v) is 3.71. The number of halogens is 1. The number of anilines is 1. The molecule has 0 aliphatic heterocycles. The van der Waals surface area contributed by atoms with Crippen molar-refractivity contribution in [2.45, 2.75) is 13.3 Å². The number of pyridine rings is 1. The van der Waals surface area contributed by atoms with Crippen molar-refractivity contribution in [3.63, 3.8) is 0 Å². The van der Waals surface area contributed by atoms with E-state index in [9.17, 15) is 4.79 Å². The van der Waals surface area contributed by atoms with Crippen molar-refractivity contribution in [2.75, 3.05) is 18.4 Å². The number of nitrogens with one attached hydrogen (secondary N) is 1. The molecule has 2 rings (SSSR count). The van der Waals surface area contributed by atoms with Gasteiger partial charge < -0.3 is 10.2 Å². The fourth-order valence-electron chi connectivity index (χ4n) is 1.95. The van der Waals surface area contributed by atoms with Crippen molar-refractivity contribution in [1.29, 1.82) is 0 Å². The van der Waals surface area contributed by atoms with E-state index in [0.717, 1.165) is 16.6 Å². The van der Waals surface area contributed by atoms with Crippen molar-refractivity contribution in [3.8, 4) is 0 Å². The molecule has 110 valence electrons. The van der Waals surface area contributed by atoms with Crippen LogP contribution in [0.5, 0.6) is 0 Å². The van der Waals surface area contributed by atoms with Gasteiger partial charge in [0.2, 0.25) is 0 Å². The maximum atomic E-state index is 12.2. The summed E-state index contributed by atoms with van der Waals surface area (Å²) in [5.74, 6) is 0. The summed E-state index contributed by atoms with van der Waals surface area (Å²) in [5.41, 5.74) is 1.98. The molecule has 0 radical (unpaired) electrons. The smallest absolute Gasteiger partial charge is 0.321 e. The zero-order valence-corrected chi connectivity index (χ0v) is 13.5. The highest BCUT2D eigenvalue weighted by Crippen LogP contribution is 2.14. The van der Waals surface area contributed by atoms with Gasteiger partial charge in [0.1, 0.15) is 0 Å². The minimum absolute atomic E-state index is 0.0751. The van der Waals surface area contributed by atoms with Crippen LogP contribution in [0.2, 0.25) is 0 Å². The number of urea groups is 1. The Hall–Kier alpha value is -1.88. The molecule has 0 unspecified atom stereocenters. The minimum atomic E-state index is -0.0751. The van der Waals surface area contributed by atoms with Gasteiger partial charge in [-0.25, -0.2) is 4.79 Å². The SMILES string of the molecule is CCN(CCc1ccncc1)C(=O)Nc1ccc(Br)cc1. The Morgan fingerprint density at radius 3 is 2.48 bits per heavy atom. The second-order valence-electron chi connectivity index (χ2n) is 4.62. The number of amides is 2. The molecule has 0 spiro atoms. The summed E-state index contributed by atoms with van der Waals surface area (Å²) in [5, 5.41) is 2.91. The van der Waals surface area contributed by atoms with E-state index in [1.165, 1.54) is 5.56 Å².